The lowest BCUT2D eigenvalue weighted by molar-refractivity contribution is 0.477. The fraction of sp³-hybridized carbons (Fsp3) is 0.0769. The van der Waals surface area contributed by atoms with Crippen LogP contribution in [-0.4, -0.2) is 19.7 Å². The Hall–Kier alpha value is -2.43. The van der Waals surface area contributed by atoms with Crippen molar-refractivity contribution in [2.45, 2.75) is 6.42 Å². The van der Waals surface area contributed by atoms with Gasteiger partial charge in [-0.3, -0.25) is 4.40 Å². The van der Waals surface area contributed by atoms with E-state index in [1.54, 1.807) is 28.8 Å². The average molecular weight is 243 g/mol. The minimum Gasteiger partial charge on any atom is -0.504 e. The average Bonchev–Trinajstić information content (AvgIpc) is 2.74. The highest BCUT2D eigenvalue weighted by Crippen LogP contribution is 2.17. The van der Waals surface area contributed by atoms with Gasteiger partial charge < -0.3 is 5.11 Å². The first-order valence-corrected chi connectivity index (χ1v) is 5.50. The van der Waals surface area contributed by atoms with E-state index in [1.807, 2.05) is 6.07 Å². The number of nitrogens with zero attached hydrogens (tertiary/aromatic N) is 3. The summed E-state index contributed by atoms with van der Waals surface area (Å²) >= 11 is 0. The molecule has 0 bridgehead atoms. The molecule has 0 aliphatic carbocycles. The summed E-state index contributed by atoms with van der Waals surface area (Å²) in [6.45, 7) is 0. The molecule has 2 heterocycles. The van der Waals surface area contributed by atoms with E-state index in [2.05, 4.69) is 10.2 Å². The van der Waals surface area contributed by atoms with Crippen molar-refractivity contribution < 1.29 is 9.50 Å². The first-order chi connectivity index (χ1) is 8.74. The van der Waals surface area contributed by atoms with Gasteiger partial charge in [-0.05, 0) is 29.8 Å². The number of halogens is 1. The third kappa shape index (κ3) is 1.79. The van der Waals surface area contributed by atoms with Crippen LogP contribution in [0.3, 0.4) is 0 Å². The minimum atomic E-state index is -0.274. The third-order valence-electron chi connectivity index (χ3n) is 2.74. The van der Waals surface area contributed by atoms with Crippen LogP contribution in [0, 0.1) is 5.82 Å². The number of aromatic hydroxyl groups is 1. The summed E-state index contributed by atoms with van der Waals surface area (Å²) < 4.78 is 14.8. The Bertz CT molecular complexity index is 708. The first-order valence-electron chi connectivity index (χ1n) is 5.50. The lowest BCUT2D eigenvalue weighted by Gasteiger charge is -2.01. The van der Waals surface area contributed by atoms with Crippen LogP contribution in [0.2, 0.25) is 0 Å². The summed E-state index contributed by atoms with van der Waals surface area (Å²) in [6.07, 6.45) is 2.23. The van der Waals surface area contributed by atoms with E-state index >= 15 is 0 Å². The van der Waals surface area contributed by atoms with Crippen molar-refractivity contribution >= 4 is 5.65 Å². The molecule has 3 rings (SSSR count). The van der Waals surface area contributed by atoms with Crippen molar-refractivity contribution in [3.05, 3.63) is 59.8 Å². The quantitative estimate of drug-likeness (QED) is 0.750. The first kappa shape index (κ1) is 10.7. The Morgan fingerprint density at radius 2 is 2.06 bits per heavy atom. The van der Waals surface area contributed by atoms with Crippen LogP contribution >= 0.6 is 0 Å². The highest BCUT2D eigenvalue weighted by Gasteiger charge is 2.09. The molecule has 0 fully saturated rings. The lowest BCUT2D eigenvalue weighted by atomic mass is 10.1. The number of benzene rings is 1. The second-order valence-corrected chi connectivity index (χ2v) is 4.01. The van der Waals surface area contributed by atoms with E-state index in [-0.39, 0.29) is 11.6 Å². The zero-order valence-corrected chi connectivity index (χ0v) is 9.42. The molecule has 18 heavy (non-hydrogen) atoms. The number of hydrogen-bond donors (Lipinski definition) is 1. The largest absolute Gasteiger partial charge is 0.504 e. The van der Waals surface area contributed by atoms with Crippen LogP contribution in [0.5, 0.6) is 5.75 Å². The van der Waals surface area contributed by atoms with Gasteiger partial charge in [-0.25, -0.2) is 4.39 Å². The summed E-state index contributed by atoms with van der Waals surface area (Å²) in [7, 11) is 0. The fourth-order valence-corrected chi connectivity index (χ4v) is 1.90. The Balaban J connectivity index is 2.03. The van der Waals surface area contributed by atoms with Crippen molar-refractivity contribution in [1.29, 1.82) is 0 Å². The fourth-order valence-electron chi connectivity index (χ4n) is 1.90. The van der Waals surface area contributed by atoms with E-state index in [9.17, 15) is 9.50 Å². The Kier molecular flexibility index (Phi) is 2.44. The normalized spacial score (nSPS) is 10.9. The zero-order valence-electron chi connectivity index (χ0n) is 9.42. The number of pyridine rings is 1. The van der Waals surface area contributed by atoms with Crippen molar-refractivity contribution in [1.82, 2.24) is 14.6 Å². The topological polar surface area (TPSA) is 50.4 Å². The maximum atomic E-state index is 13.1. The smallest absolute Gasteiger partial charge is 0.203 e. The minimum absolute atomic E-state index is 0.0792. The summed E-state index contributed by atoms with van der Waals surface area (Å²) in [5, 5.41) is 17.5. The van der Waals surface area contributed by atoms with Gasteiger partial charge >= 0.3 is 0 Å². The number of aromatic nitrogens is 3. The van der Waals surface area contributed by atoms with Gasteiger partial charge in [-0.15, -0.1) is 10.2 Å². The number of fused-ring (bicyclic) bond motifs is 1. The summed E-state index contributed by atoms with van der Waals surface area (Å²) in [4.78, 5) is 0. The van der Waals surface area contributed by atoms with E-state index < -0.39 is 0 Å². The maximum absolute atomic E-state index is 13.1. The summed E-state index contributed by atoms with van der Waals surface area (Å²) in [5.74, 6) is 0.464. The van der Waals surface area contributed by atoms with Crippen molar-refractivity contribution in [2.75, 3.05) is 0 Å². The van der Waals surface area contributed by atoms with Gasteiger partial charge in [-0.2, -0.15) is 0 Å². The standard InChI is InChI=1S/C13H10FN3O/c14-10-4-1-3-9(7-10)8-12-15-16-13-11(18)5-2-6-17(12)13/h1-7,18H,8H2. The van der Waals surface area contributed by atoms with Gasteiger partial charge in [0.05, 0.1) is 0 Å². The molecule has 5 heteroatoms. The van der Waals surface area contributed by atoms with Gasteiger partial charge in [0.25, 0.3) is 0 Å². The van der Waals surface area contributed by atoms with Crippen LogP contribution in [0.1, 0.15) is 11.4 Å². The van der Waals surface area contributed by atoms with Crippen LogP contribution in [0.15, 0.2) is 42.6 Å². The van der Waals surface area contributed by atoms with Gasteiger partial charge in [0.15, 0.2) is 5.75 Å². The van der Waals surface area contributed by atoms with Gasteiger partial charge in [0.1, 0.15) is 11.6 Å². The van der Waals surface area contributed by atoms with Crippen LogP contribution in [0.25, 0.3) is 5.65 Å². The highest BCUT2D eigenvalue weighted by atomic mass is 19.1. The molecule has 1 N–H and O–H groups in total. The molecule has 0 unspecified atom stereocenters. The molecular weight excluding hydrogens is 233 g/mol. The predicted molar refractivity (Wildman–Crippen MR) is 63.9 cm³/mol. The van der Waals surface area contributed by atoms with Crippen molar-refractivity contribution in [3.63, 3.8) is 0 Å². The molecule has 0 spiro atoms. The molecule has 0 radical (unpaired) electrons. The Morgan fingerprint density at radius 3 is 2.89 bits per heavy atom. The summed E-state index contributed by atoms with van der Waals surface area (Å²) in [6, 6.07) is 9.61. The second-order valence-electron chi connectivity index (χ2n) is 4.01. The highest BCUT2D eigenvalue weighted by molar-refractivity contribution is 5.52. The molecule has 90 valence electrons. The predicted octanol–water partition coefficient (Wildman–Crippen LogP) is 2.16. The summed E-state index contributed by atoms with van der Waals surface area (Å²) in [5.41, 5.74) is 1.22. The van der Waals surface area contributed by atoms with E-state index in [0.29, 0.717) is 17.9 Å². The third-order valence-corrected chi connectivity index (χ3v) is 2.74. The Labute approximate surface area is 102 Å². The SMILES string of the molecule is Oc1cccn2c(Cc3cccc(F)c3)nnc12. The molecule has 0 saturated carbocycles. The lowest BCUT2D eigenvalue weighted by Crippen LogP contribution is -1.96. The molecule has 0 saturated heterocycles. The molecule has 0 amide bonds. The Morgan fingerprint density at radius 1 is 1.17 bits per heavy atom. The second kappa shape index (κ2) is 4.10. The van der Waals surface area contributed by atoms with Crippen molar-refractivity contribution in [3.8, 4) is 5.75 Å². The number of rotatable bonds is 2. The van der Waals surface area contributed by atoms with Gasteiger partial charge in [0, 0.05) is 12.6 Å². The van der Waals surface area contributed by atoms with Crippen molar-refractivity contribution in [2.24, 2.45) is 0 Å². The van der Waals surface area contributed by atoms with Gasteiger partial charge in [0.2, 0.25) is 5.65 Å². The van der Waals surface area contributed by atoms with E-state index in [0.717, 1.165) is 5.56 Å². The van der Waals surface area contributed by atoms with Crippen LogP contribution < -0.4 is 0 Å². The molecular formula is C13H10FN3O. The molecule has 0 aliphatic heterocycles. The van der Waals surface area contributed by atoms with E-state index in [1.165, 1.54) is 12.1 Å². The monoisotopic (exact) mass is 243 g/mol. The molecule has 1 aromatic carbocycles. The van der Waals surface area contributed by atoms with Crippen LogP contribution in [-0.2, 0) is 6.42 Å². The molecule has 4 nitrogen and oxygen atoms in total. The molecule has 0 aliphatic rings. The van der Waals surface area contributed by atoms with Crippen LogP contribution in [0.4, 0.5) is 4.39 Å². The van der Waals surface area contributed by atoms with E-state index in [4.69, 9.17) is 0 Å². The number of hydrogen-bond acceptors (Lipinski definition) is 3. The molecule has 2 aromatic heterocycles. The molecule has 3 aromatic rings. The van der Waals surface area contributed by atoms with Gasteiger partial charge in [-0.1, -0.05) is 12.1 Å². The zero-order chi connectivity index (χ0) is 12.5. The molecule has 0 atom stereocenters. The maximum Gasteiger partial charge on any atom is 0.203 e.